The van der Waals surface area contributed by atoms with Gasteiger partial charge in [0.25, 0.3) is 0 Å². The third-order valence-corrected chi connectivity index (χ3v) is 8.06. The number of phenolic OH excluding ortho intramolecular Hbond substituents is 1. The van der Waals surface area contributed by atoms with Crippen molar-refractivity contribution in [1.29, 1.82) is 0 Å². The lowest BCUT2D eigenvalue weighted by atomic mass is 9.42. The van der Waals surface area contributed by atoms with Gasteiger partial charge in [-0.3, -0.25) is 4.79 Å². The van der Waals surface area contributed by atoms with Crippen LogP contribution in [0, 0.1) is 24.2 Å². The molecule has 4 saturated carbocycles. The summed E-state index contributed by atoms with van der Waals surface area (Å²) < 4.78 is 0.856. The van der Waals surface area contributed by atoms with Crippen LogP contribution in [-0.2, 0) is 10.2 Å². The number of aromatic hydroxyl groups is 1. The number of nitrogens with zero attached hydrogens (tertiary/aromatic N) is 1. The number of halogens is 1. The smallest absolute Gasteiger partial charge is 0.246 e. The van der Waals surface area contributed by atoms with Gasteiger partial charge in [-0.2, -0.15) is 5.10 Å². The number of hydrogen-bond acceptors (Lipinski definition) is 3. The minimum Gasteiger partial charge on any atom is -0.507 e. The van der Waals surface area contributed by atoms with Crippen LogP contribution in [0.3, 0.4) is 0 Å². The molecular weight excluding hydrogens is 440 g/mol. The molecule has 0 radical (unpaired) electrons. The molecular formula is C25H27BrN2O2. The molecule has 0 heterocycles. The molecule has 1 amide bonds. The van der Waals surface area contributed by atoms with Gasteiger partial charge in [0.05, 0.1) is 11.6 Å². The van der Waals surface area contributed by atoms with E-state index < -0.39 is 0 Å². The lowest BCUT2D eigenvalue weighted by Crippen LogP contribution is -2.58. The van der Waals surface area contributed by atoms with Gasteiger partial charge in [-0.1, -0.05) is 45.8 Å². The molecule has 30 heavy (non-hydrogen) atoms. The standard InChI is InChI=1S/C25H27BrN2O2/c1-16-2-4-20(5-3-16)24-10-17-8-18(11-24)13-25(12-17,15-24)23(30)28-27-14-19-9-21(26)6-7-22(19)29/h2-7,9,14,17-18,29H,8,10-13,15H2,1H3,(H,28,30)/b27-14+. The molecule has 2 aromatic rings. The normalized spacial score (nSPS) is 31.9. The molecule has 156 valence electrons. The number of carbonyl (C=O) groups excluding carboxylic acids is 1. The maximum absolute atomic E-state index is 13.4. The fraction of sp³-hybridized carbons (Fsp3) is 0.440. The summed E-state index contributed by atoms with van der Waals surface area (Å²) >= 11 is 3.40. The van der Waals surface area contributed by atoms with E-state index in [0.717, 1.165) is 23.7 Å². The first-order chi connectivity index (χ1) is 14.4. The van der Waals surface area contributed by atoms with Crippen molar-refractivity contribution in [3.63, 3.8) is 0 Å². The van der Waals surface area contributed by atoms with E-state index in [1.54, 1.807) is 18.2 Å². The van der Waals surface area contributed by atoms with Crippen LogP contribution in [0.1, 0.15) is 55.2 Å². The maximum atomic E-state index is 13.4. The van der Waals surface area contributed by atoms with E-state index in [9.17, 15) is 9.90 Å². The number of aryl methyl sites for hydroxylation is 1. The number of benzene rings is 2. The van der Waals surface area contributed by atoms with Gasteiger partial charge in [0, 0.05) is 10.0 Å². The van der Waals surface area contributed by atoms with E-state index in [4.69, 9.17) is 0 Å². The van der Waals surface area contributed by atoms with Gasteiger partial charge in [0.1, 0.15) is 5.75 Å². The van der Waals surface area contributed by atoms with E-state index in [-0.39, 0.29) is 22.5 Å². The lowest BCUT2D eigenvalue weighted by molar-refractivity contribution is -0.149. The zero-order chi connectivity index (χ0) is 20.9. The minimum absolute atomic E-state index is 0.0406. The second-order valence-electron chi connectivity index (χ2n) is 9.79. The molecule has 0 aliphatic heterocycles. The Morgan fingerprint density at radius 1 is 1.13 bits per heavy atom. The van der Waals surface area contributed by atoms with Gasteiger partial charge in [0.15, 0.2) is 0 Å². The third-order valence-electron chi connectivity index (χ3n) is 7.57. The Hall–Kier alpha value is -2.14. The van der Waals surface area contributed by atoms with Crippen LogP contribution in [0.25, 0.3) is 0 Å². The number of phenols is 1. The first-order valence-electron chi connectivity index (χ1n) is 10.8. The Kier molecular flexibility index (Phi) is 4.77. The molecule has 0 saturated heterocycles. The molecule has 0 spiro atoms. The van der Waals surface area contributed by atoms with Crippen LogP contribution in [0.5, 0.6) is 5.75 Å². The van der Waals surface area contributed by atoms with Gasteiger partial charge in [-0.25, -0.2) is 5.43 Å². The molecule has 4 bridgehead atoms. The van der Waals surface area contributed by atoms with Crippen molar-refractivity contribution in [3.8, 4) is 5.75 Å². The first-order valence-corrected chi connectivity index (χ1v) is 11.6. The molecule has 5 heteroatoms. The van der Waals surface area contributed by atoms with Crippen LogP contribution in [0.2, 0.25) is 0 Å². The van der Waals surface area contributed by atoms with Crippen molar-refractivity contribution in [2.45, 2.75) is 50.9 Å². The molecule has 6 rings (SSSR count). The molecule has 4 aliphatic carbocycles. The zero-order valence-corrected chi connectivity index (χ0v) is 18.8. The molecule has 2 atom stereocenters. The quantitative estimate of drug-likeness (QED) is 0.464. The average molecular weight is 467 g/mol. The third kappa shape index (κ3) is 3.37. The van der Waals surface area contributed by atoms with E-state index in [1.165, 1.54) is 36.6 Å². The average Bonchev–Trinajstić information content (AvgIpc) is 2.70. The predicted molar refractivity (Wildman–Crippen MR) is 122 cm³/mol. The topological polar surface area (TPSA) is 61.7 Å². The highest BCUT2D eigenvalue weighted by Crippen LogP contribution is 2.65. The highest BCUT2D eigenvalue weighted by molar-refractivity contribution is 9.10. The van der Waals surface area contributed by atoms with Crippen molar-refractivity contribution >= 4 is 28.1 Å². The Morgan fingerprint density at radius 2 is 1.83 bits per heavy atom. The Balaban J connectivity index is 1.38. The summed E-state index contributed by atoms with van der Waals surface area (Å²) in [5.41, 5.74) is 5.87. The van der Waals surface area contributed by atoms with Gasteiger partial charge in [-0.05, 0) is 86.5 Å². The summed E-state index contributed by atoms with van der Waals surface area (Å²) in [5.74, 6) is 1.43. The van der Waals surface area contributed by atoms with Crippen LogP contribution >= 0.6 is 15.9 Å². The van der Waals surface area contributed by atoms with E-state index >= 15 is 0 Å². The monoisotopic (exact) mass is 466 g/mol. The summed E-state index contributed by atoms with van der Waals surface area (Å²) in [4.78, 5) is 13.4. The largest absolute Gasteiger partial charge is 0.507 e. The van der Waals surface area contributed by atoms with Crippen LogP contribution < -0.4 is 5.43 Å². The molecule has 0 aromatic heterocycles. The Morgan fingerprint density at radius 3 is 2.53 bits per heavy atom. The summed E-state index contributed by atoms with van der Waals surface area (Å²) in [6.07, 6.45) is 8.06. The van der Waals surface area contributed by atoms with Gasteiger partial charge >= 0.3 is 0 Å². The molecule has 4 aliphatic rings. The summed E-state index contributed by atoms with van der Waals surface area (Å²) in [6.45, 7) is 2.12. The van der Waals surface area contributed by atoms with Crippen molar-refractivity contribution in [2.24, 2.45) is 22.4 Å². The molecule has 4 nitrogen and oxygen atoms in total. The predicted octanol–water partition coefficient (Wildman–Crippen LogP) is 5.45. The number of hydrazone groups is 1. The second-order valence-corrected chi connectivity index (χ2v) is 10.7. The summed E-state index contributed by atoms with van der Waals surface area (Å²) in [7, 11) is 0. The highest BCUT2D eigenvalue weighted by Gasteiger charge is 2.60. The summed E-state index contributed by atoms with van der Waals surface area (Å²) in [6, 6.07) is 14.1. The Labute approximate surface area is 185 Å². The van der Waals surface area contributed by atoms with Crippen molar-refractivity contribution < 1.29 is 9.90 Å². The van der Waals surface area contributed by atoms with E-state index in [2.05, 4.69) is 57.6 Å². The molecule has 2 N–H and O–H groups in total. The zero-order valence-electron chi connectivity index (χ0n) is 17.2. The molecule has 2 unspecified atom stereocenters. The van der Waals surface area contributed by atoms with Crippen molar-refractivity contribution in [3.05, 3.63) is 63.6 Å². The van der Waals surface area contributed by atoms with E-state index in [0.29, 0.717) is 17.4 Å². The van der Waals surface area contributed by atoms with Gasteiger partial charge in [-0.15, -0.1) is 0 Å². The minimum atomic E-state index is -0.328. The lowest BCUT2D eigenvalue weighted by Gasteiger charge is -2.61. The van der Waals surface area contributed by atoms with Crippen molar-refractivity contribution in [1.82, 2.24) is 5.43 Å². The maximum Gasteiger partial charge on any atom is 0.246 e. The summed E-state index contributed by atoms with van der Waals surface area (Å²) in [5, 5.41) is 14.2. The molecule has 4 fully saturated rings. The Bertz CT molecular complexity index is 1000. The van der Waals surface area contributed by atoms with Crippen LogP contribution in [-0.4, -0.2) is 17.2 Å². The number of hydrogen-bond donors (Lipinski definition) is 2. The van der Waals surface area contributed by atoms with Crippen molar-refractivity contribution in [2.75, 3.05) is 0 Å². The number of amides is 1. The number of rotatable bonds is 4. The van der Waals surface area contributed by atoms with Crippen LogP contribution in [0.4, 0.5) is 0 Å². The first kappa shape index (κ1) is 19.8. The SMILES string of the molecule is Cc1ccc(C23CC4CC(CC(C(=O)N/N=C/c5cc(Br)ccc5O)(C4)C2)C3)cc1. The highest BCUT2D eigenvalue weighted by atomic mass is 79.9. The second kappa shape index (κ2) is 7.23. The molecule has 2 aromatic carbocycles. The fourth-order valence-corrected chi connectivity index (χ4v) is 7.06. The van der Waals surface area contributed by atoms with Gasteiger partial charge < -0.3 is 5.11 Å². The van der Waals surface area contributed by atoms with Gasteiger partial charge in [0.2, 0.25) is 5.91 Å². The fourth-order valence-electron chi connectivity index (χ4n) is 6.68. The number of nitrogens with one attached hydrogen (secondary N) is 1. The number of carbonyl (C=O) groups is 1. The van der Waals surface area contributed by atoms with E-state index in [1.807, 2.05) is 0 Å². The van der Waals surface area contributed by atoms with Crippen LogP contribution in [0.15, 0.2) is 52.0 Å².